The predicted octanol–water partition coefficient (Wildman–Crippen LogP) is 4.52. The third kappa shape index (κ3) is 3.64. The van der Waals surface area contributed by atoms with E-state index in [1.165, 1.54) is 19.3 Å². The second-order valence-electron chi connectivity index (χ2n) is 6.23. The molecule has 118 valence electrons. The largest absolute Gasteiger partial charge is 0.376 e. The Morgan fingerprint density at radius 3 is 2.57 bits per heavy atom. The average Bonchev–Trinajstić information content (AvgIpc) is 2.52. The molecule has 2 rings (SSSR count). The molecule has 0 spiro atoms. The first-order valence-electron chi connectivity index (χ1n) is 8.17. The Morgan fingerprint density at radius 1 is 1.29 bits per heavy atom. The summed E-state index contributed by atoms with van der Waals surface area (Å²) in [6, 6.07) is 5.60. The first-order valence-corrected chi connectivity index (χ1v) is 8.17. The fourth-order valence-electron chi connectivity index (χ4n) is 3.50. The summed E-state index contributed by atoms with van der Waals surface area (Å²) in [4.78, 5) is 0. The number of hydrogen-bond donors (Lipinski definition) is 1. The summed E-state index contributed by atoms with van der Waals surface area (Å²) >= 11 is 0. The van der Waals surface area contributed by atoms with Crippen molar-refractivity contribution in [1.29, 1.82) is 0 Å². The number of ether oxygens (including phenoxy) is 1. The van der Waals surface area contributed by atoms with E-state index in [1.807, 2.05) is 26.2 Å². The Bertz CT molecular complexity index is 455. The molecule has 0 radical (unpaired) electrons. The molecule has 1 aromatic rings. The predicted molar refractivity (Wildman–Crippen MR) is 85.0 cm³/mol. The Kier molecular flexibility index (Phi) is 5.77. The molecule has 0 aromatic heterocycles. The minimum atomic E-state index is -0.155. The minimum Gasteiger partial charge on any atom is -0.376 e. The Balaban J connectivity index is 2.33. The average molecular weight is 293 g/mol. The highest BCUT2D eigenvalue weighted by atomic mass is 19.1. The van der Waals surface area contributed by atoms with Gasteiger partial charge in [0.05, 0.1) is 11.6 Å². The van der Waals surface area contributed by atoms with Gasteiger partial charge < -0.3 is 10.1 Å². The quantitative estimate of drug-likeness (QED) is 0.832. The van der Waals surface area contributed by atoms with Crippen LogP contribution in [0.4, 0.5) is 4.39 Å². The van der Waals surface area contributed by atoms with Crippen LogP contribution in [-0.4, -0.2) is 19.3 Å². The van der Waals surface area contributed by atoms with E-state index in [-0.39, 0.29) is 17.5 Å². The van der Waals surface area contributed by atoms with Gasteiger partial charge >= 0.3 is 0 Å². The van der Waals surface area contributed by atoms with Gasteiger partial charge in [-0.3, -0.25) is 0 Å². The van der Waals surface area contributed by atoms with E-state index in [0.29, 0.717) is 5.56 Å². The molecule has 21 heavy (non-hydrogen) atoms. The summed E-state index contributed by atoms with van der Waals surface area (Å²) in [6.07, 6.45) is 6.92. The molecule has 1 aliphatic rings. The molecule has 1 aliphatic carbocycles. The summed E-state index contributed by atoms with van der Waals surface area (Å²) in [6.45, 7) is 4.95. The van der Waals surface area contributed by atoms with Crippen LogP contribution in [0.3, 0.4) is 0 Å². The molecule has 1 unspecified atom stereocenters. The maximum absolute atomic E-state index is 13.6. The highest BCUT2D eigenvalue weighted by Gasteiger charge is 2.40. The SMILES string of the molecule is CCCNC(c1ccc(F)c(C)c1)C1(OC)CCCCC1. The summed E-state index contributed by atoms with van der Waals surface area (Å²) < 4.78 is 19.6. The van der Waals surface area contributed by atoms with Gasteiger partial charge in [-0.25, -0.2) is 4.39 Å². The lowest BCUT2D eigenvalue weighted by atomic mass is 9.76. The zero-order valence-electron chi connectivity index (χ0n) is 13.5. The van der Waals surface area contributed by atoms with Crippen molar-refractivity contribution in [2.24, 2.45) is 0 Å². The zero-order chi connectivity index (χ0) is 15.3. The number of benzene rings is 1. The van der Waals surface area contributed by atoms with Crippen molar-refractivity contribution in [3.8, 4) is 0 Å². The molecule has 0 saturated heterocycles. The molecule has 3 heteroatoms. The summed E-state index contributed by atoms with van der Waals surface area (Å²) in [5, 5.41) is 3.65. The monoisotopic (exact) mass is 293 g/mol. The van der Waals surface area contributed by atoms with Crippen molar-refractivity contribution in [2.45, 2.75) is 64.0 Å². The van der Waals surface area contributed by atoms with Crippen LogP contribution in [0.5, 0.6) is 0 Å². The molecule has 0 amide bonds. The van der Waals surface area contributed by atoms with Gasteiger partial charge in [0, 0.05) is 7.11 Å². The number of hydrogen-bond acceptors (Lipinski definition) is 2. The van der Waals surface area contributed by atoms with E-state index < -0.39 is 0 Å². The first kappa shape index (κ1) is 16.4. The second kappa shape index (κ2) is 7.37. The highest BCUT2D eigenvalue weighted by molar-refractivity contribution is 5.29. The molecule has 1 fully saturated rings. The molecule has 1 saturated carbocycles. The molecular weight excluding hydrogens is 265 g/mol. The molecule has 2 nitrogen and oxygen atoms in total. The van der Waals surface area contributed by atoms with Gasteiger partial charge in [-0.1, -0.05) is 38.3 Å². The van der Waals surface area contributed by atoms with Crippen LogP contribution in [0.2, 0.25) is 0 Å². The molecule has 0 heterocycles. The van der Waals surface area contributed by atoms with Crippen LogP contribution in [0.25, 0.3) is 0 Å². The van der Waals surface area contributed by atoms with Crippen LogP contribution >= 0.6 is 0 Å². The lowest BCUT2D eigenvalue weighted by Gasteiger charge is -2.43. The van der Waals surface area contributed by atoms with Crippen LogP contribution in [0, 0.1) is 12.7 Å². The van der Waals surface area contributed by atoms with Gasteiger partial charge in [0.25, 0.3) is 0 Å². The molecule has 0 aliphatic heterocycles. The zero-order valence-corrected chi connectivity index (χ0v) is 13.5. The molecule has 0 bridgehead atoms. The normalized spacial score (nSPS) is 19.4. The fourth-order valence-corrected chi connectivity index (χ4v) is 3.50. The van der Waals surface area contributed by atoms with Crippen LogP contribution < -0.4 is 5.32 Å². The van der Waals surface area contributed by atoms with Crippen molar-refractivity contribution in [3.63, 3.8) is 0 Å². The van der Waals surface area contributed by atoms with Crippen LogP contribution in [0.1, 0.15) is 62.6 Å². The van der Waals surface area contributed by atoms with Gasteiger partial charge in [-0.05, 0) is 49.9 Å². The third-order valence-corrected chi connectivity index (χ3v) is 4.75. The highest BCUT2D eigenvalue weighted by Crippen LogP contribution is 2.41. The number of methoxy groups -OCH3 is 1. The summed E-state index contributed by atoms with van der Waals surface area (Å²) in [5.74, 6) is -0.136. The number of aryl methyl sites for hydroxylation is 1. The van der Waals surface area contributed by atoms with E-state index in [4.69, 9.17) is 4.74 Å². The third-order valence-electron chi connectivity index (χ3n) is 4.75. The lowest BCUT2D eigenvalue weighted by Crippen LogP contribution is -2.47. The van der Waals surface area contributed by atoms with Crippen molar-refractivity contribution >= 4 is 0 Å². The summed E-state index contributed by atoms with van der Waals surface area (Å²) in [7, 11) is 1.82. The minimum absolute atomic E-state index is 0.136. The smallest absolute Gasteiger partial charge is 0.126 e. The van der Waals surface area contributed by atoms with E-state index >= 15 is 0 Å². The first-order chi connectivity index (χ1) is 10.1. The maximum atomic E-state index is 13.6. The second-order valence-corrected chi connectivity index (χ2v) is 6.23. The molecule has 1 atom stereocenters. The molecule has 1 aromatic carbocycles. The van der Waals surface area contributed by atoms with E-state index in [1.54, 1.807) is 6.07 Å². The van der Waals surface area contributed by atoms with E-state index in [9.17, 15) is 4.39 Å². The van der Waals surface area contributed by atoms with Crippen molar-refractivity contribution < 1.29 is 9.13 Å². The summed E-state index contributed by atoms with van der Waals surface area (Å²) in [5.41, 5.74) is 1.70. The number of nitrogens with one attached hydrogen (secondary N) is 1. The van der Waals surface area contributed by atoms with Gasteiger partial charge in [-0.2, -0.15) is 0 Å². The Hall–Kier alpha value is -0.930. The lowest BCUT2D eigenvalue weighted by molar-refractivity contribution is -0.0687. The Labute approximate surface area is 128 Å². The standard InChI is InChI=1S/C18H28FNO/c1-4-12-20-17(15-8-9-16(19)14(2)13-15)18(21-3)10-6-5-7-11-18/h8-9,13,17,20H,4-7,10-12H2,1-3H3. The molecular formula is C18H28FNO. The van der Waals surface area contributed by atoms with Gasteiger partial charge in [-0.15, -0.1) is 0 Å². The van der Waals surface area contributed by atoms with Crippen molar-refractivity contribution in [3.05, 3.63) is 35.1 Å². The van der Waals surface area contributed by atoms with Crippen LogP contribution in [0.15, 0.2) is 18.2 Å². The van der Waals surface area contributed by atoms with Gasteiger partial charge in [0.15, 0.2) is 0 Å². The maximum Gasteiger partial charge on any atom is 0.126 e. The van der Waals surface area contributed by atoms with Gasteiger partial charge in [0.2, 0.25) is 0 Å². The van der Waals surface area contributed by atoms with Crippen molar-refractivity contribution in [1.82, 2.24) is 5.32 Å². The Morgan fingerprint density at radius 2 is 2.00 bits per heavy atom. The molecule has 1 N–H and O–H groups in total. The van der Waals surface area contributed by atoms with Gasteiger partial charge in [0.1, 0.15) is 5.82 Å². The van der Waals surface area contributed by atoms with E-state index in [2.05, 4.69) is 12.2 Å². The number of rotatable bonds is 6. The number of halogens is 1. The van der Waals surface area contributed by atoms with Crippen molar-refractivity contribution in [2.75, 3.05) is 13.7 Å². The van der Waals surface area contributed by atoms with E-state index in [0.717, 1.165) is 31.4 Å². The van der Waals surface area contributed by atoms with Crippen LogP contribution in [-0.2, 0) is 4.74 Å². The fraction of sp³-hybridized carbons (Fsp3) is 0.667. The topological polar surface area (TPSA) is 21.3 Å².